The van der Waals surface area contributed by atoms with Gasteiger partial charge in [0.25, 0.3) is 10.2 Å². The number of nitrogens with zero attached hydrogens (tertiary/aromatic N) is 2. The van der Waals surface area contributed by atoms with Gasteiger partial charge in [-0.2, -0.15) is 28.8 Å². The molecular weight excluding hydrogens is 296 g/mol. The molecule has 0 aliphatic carbocycles. The zero-order valence-electron chi connectivity index (χ0n) is 12.5. The smallest absolute Gasteiger partial charge is 0.282 e. The Bertz CT molecular complexity index is 396. The Morgan fingerprint density at radius 2 is 2.15 bits per heavy atom. The van der Waals surface area contributed by atoms with Crippen LogP contribution in [0, 0.1) is 0 Å². The van der Waals surface area contributed by atoms with E-state index in [0.29, 0.717) is 19.7 Å². The summed E-state index contributed by atoms with van der Waals surface area (Å²) in [7, 11) is -1.73. The fraction of sp³-hybridized carbons (Fsp3) is 1.00. The fourth-order valence-electron chi connectivity index (χ4n) is 2.97. The first-order valence-corrected chi connectivity index (χ1v) is 9.98. The van der Waals surface area contributed by atoms with Crippen molar-refractivity contribution < 1.29 is 13.2 Å². The minimum atomic E-state index is -3.36. The number of hydrogen-bond acceptors (Lipinski definition) is 4. The first kappa shape index (κ1) is 16.5. The topological polar surface area (TPSA) is 49.9 Å². The molecule has 0 bridgehead atoms. The molecule has 2 atom stereocenters. The van der Waals surface area contributed by atoms with Crippen molar-refractivity contribution in [3.05, 3.63) is 0 Å². The maximum absolute atomic E-state index is 13.0. The second kappa shape index (κ2) is 7.45. The minimum absolute atomic E-state index is 0.118. The summed E-state index contributed by atoms with van der Waals surface area (Å²) in [6, 6.07) is 0.252. The molecule has 7 heteroatoms. The molecule has 2 rings (SSSR count). The zero-order valence-corrected chi connectivity index (χ0v) is 14.1. The Labute approximate surface area is 127 Å². The van der Waals surface area contributed by atoms with Crippen molar-refractivity contribution in [2.24, 2.45) is 0 Å². The molecule has 0 amide bonds. The SMILES string of the molecule is COCCN([C@H]1CCSC1)S(=O)(=O)N1CCCC[C@H]1C. The molecule has 2 aliphatic rings. The lowest BCUT2D eigenvalue weighted by Crippen LogP contribution is -2.53. The lowest BCUT2D eigenvalue weighted by Gasteiger charge is -2.38. The van der Waals surface area contributed by atoms with Gasteiger partial charge in [-0.1, -0.05) is 6.42 Å². The van der Waals surface area contributed by atoms with Crippen molar-refractivity contribution >= 4 is 22.0 Å². The van der Waals surface area contributed by atoms with Crippen molar-refractivity contribution in [2.45, 2.75) is 44.7 Å². The van der Waals surface area contributed by atoms with Gasteiger partial charge in [0.2, 0.25) is 0 Å². The van der Waals surface area contributed by atoms with Gasteiger partial charge in [0.1, 0.15) is 0 Å². The first-order valence-electron chi connectivity index (χ1n) is 7.42. The van der Waals surface area contributed by atoms with Gasteiger partial charge in [0, 0.05) is 38.0 Å². The Morgan fingerprint density at radius 1 is 1.35 bits per heavy atom. The van der Waals surface area contributed by atoms with E-state index in [2.05, 4.69) is 0 Å². The van der Waals surface area contributed by atoms with Crippen LogP contribution in [0.1, 0.15) is 32.6 Å². The summed E-state index contributed by atoms with van der Waals surface area (Å²) in [5.41, 5.74) is 0. The molecule has 0 aromatic carbocycles. The third-order valence-corrected chi connectivity index (χ3v) is 7.52. The van der Waals surface area contributed by atoms with Gasteiger partial charge in [0.15, 0.2) is 0 Å². The quantitative estimate of drug-likeness (QED) is 0.745. The maximum atomic E-state index is 13.0. The summed E-state index contributed by atoms with van der Waals surface area (Å²) < 4.78 is 34.5. The Balaban J connectivity index is 2.15. The standard InChI is InChI=1S/C13H26N2O3S2/c1-12-5-3-4-7-14(12)20(16,17)15(8-9-18-2)13-6-10-19-11-13/h12-13H,3-11H2,1-2H3/t12-,13+/m1/s1. The molecule has 5 nitrogen and oxygen atoms in total. The van der Waals surface area contributed by atoms with E-state index < -0.39 is 10.2 Å². The van der Waals surface area contributed by atoms with Crippen molar-refractivity contribution in [3.8, 4) is 0 Å². The molecule has 2 saturated heterocycles. The predicted octanol–water partition coefficient (Wildman–Crippen LogP) is 1.56. The highest BCUT2D eigenvalue weighted by Gasteiger charge is 2.38. The normalized spacial score (nSPS) is 29.1. The third kappa shape index (κ3) is 3.68. The molecule has 0 unspecified atom stereocenters. The van der Waals surface area contributed by atoms with E-state index in [0.717, 1.165) is 37.2 Å². The lowest BCUT2D eigenvalue weighted by molar-refractivity contribution is 0.159. The van der Waals surface area contributed by atoms with E-state index in [1.54, 1.807) is 15.7 Å². The Kier molecular flexibility index (Phi) is 6.16. The number of ether oxygens (including phenoxy) is 1. The third-order valence-electron chi connectivity index (χ3n) is 4.16. The lowest BCUT2D eigenvalue weighted by atomic mass is 10.1. The number of methoxy groups -OCH3 is 1. The molecule has 2 aliphatic heterocycles. The number of hydrogen-bond donors (Lipinski definition) is 0. The van der Waals surface area contributed by atoms with Crippen molar-refractivity contribution in [1.82, 2.24) is 8.61 Å². The van der Waals surface area contributed by atoms with Crippen molar-refractivity contribution in [2.75, 3.05) is 38.3 Å². The highest BCUT2D eigenvalue weighted by molar-refractivity contribution is 7.99. The molecule has 0 aromatic heterocycles. The molecule has 118 valence electrons. The van der Waals surface area contributed by atoms with Crippen LogP contribution in [0.2, 0.25) is 0 Å². The van der Waals surface area contributed by atoms with E-state index in [9.17, 15) is 8.42 Å². The van der Waals surface area contributed by atoms with Crippen LogP contribution in [-0.2, 0) is 14.9 Å². The number of thioether (sulfide) groups is 1. The fourth-order valence-corrected chi connectivity index (χ4v) is 6.34. The van der Waals surface area contributed by atoms with Crippen molar-refractivity contribution in [1.29, 1.82) is 0 Å². The summed E-state index contributed by atoms with van der Waals surface area (Å²) in [6.07, 6.45) is 4.03. The Hall–Kier alpha value is 0.180. The highest BCUT2D eigenvalue weighted by Crippen LogP contribution is 2.28. The van der Waals surface area contributed by atoms with Crippen LogP contribution in [0.4, 0.5) is 0 Å². The summed E-state index contributed by atoms with van der Waals surface area (Å²) in [4.78, 5) is 0. The highest BCUT2D eigenvalue weighted by atomic mass is 32.2. The second-order valence-corrected chi connectivity index (χ2v) is 8.57. The van der Waals surface area contributed by atoms with Crippen LogP contribution in [-0.4, -0.2) is 67.4 Å². The van der Waals surface area contributed by atoms with Gasteiger partial charge in [0.05, 0.1) is 6.61 Å². The van der Waals surface area contributed by atoms with Crippen LogP contribution in [0.15, 0.2) is 0 Å². The van der Waals surface area contributed by atoms with Crippen molar-refractivity contribution in [3.63, 3.8) is 0 Å². The van der Waals surface area contributed by atoms with Crippen LogP contribution in [0.3, 0.4) is 0 Å². The number of rotatable bonds is 6. The van der Waals surface area contributed by atoms with Crippen LogP contribution < -0.4 is 0 Å². The van der Waals surface area contributed by atoms with Gasteiger partial charge in [-0.05, 0) is 31.9 Å². The molecule has 0 spiro atoms. The molecule has 20 heavy (non-hydrogen) atoms. The molecule has 0 aromatic rings. The molecular formula is C13H26N2O3S2. The van der Waals surface area contributed by atoms with E-state index in [1.165, 1.54) is 0 Å². The second-order valence-electron chi connectivity index (χ2n) is 5.58. The zero-order chi connectivity index (χ0) is 14.6. The number of piperidine rings is 1. The average molecular weight is 322 g/mol. The summed E-state index contributed by atoms with van der Waals surface area (Å²) in [6.45, 7) is 3.61. The molecule has 0 saturated carbocycles. The monoisotopic (exact) mass is 322 g/mol. The van der Waals surface area contributed by atoms with E-state index in [-0.39, 0.29) is 12.1 Å². The Morgan fingerprint density at radius 3 is 2.75 bits per heavy atom. The molecule has 2 heterocycles. The van der Waals surface area contributed by atoms with Gasteiger partial charge >= 0.3 is 0 Å². The maximum Gasteiger partial charge on any atom is 0.282 e. The van der Waals surface area contributed by atoms with Crippen LogP contribution >= 0.6 is 11.8 Å². The average Bonchev–Trinajstić information content (AvgIpc) is 2.93. The van der Waals surface area contributed by atoms with E-state index in [4.69, 9.17) is 4.74 Å². The molecule has 2 fully saturated rings. The largest absolute Gasteiger partial charge is 0.383 e. The van der Waals surface area contributed by atoms with E-state index >= 15 is 0 Å². The van der Waals surface area contributed by atoms with Gasteiger partial charge in [-0.25, -0.2) is 0 Å². The summed E-state index contributed by atoms with van der Waals surface area (Å²) in [5, 5.41) is 0. The van der Waals surface area contributed by atoms with Gasteiger partial charge in [-0.3, -0.25) is 0 Å². The molecule has 0 radical (unpaired) electrons. The van der Waals surface area contributed by atoms with Crippen LogP contribution in [0.25, 0.3) is 0 Å². The summed E-state index contributed by atoms with van der Waals surface area (Å²) >= 11 is 1.84. The minimum Gasteiger partial charge on any atom is -0.383 e. The van der Waals surface area contributed by atoms with E-state index in [1.807, 2.05) is 18.7 Å². The molecule has 0 N–H and O–H groups in total. The first-order chi connectivity index (χ1) is 9.57. The van der Waals surface area contributed by atoms with Crippen LogP contribution in [0.5, 0.6) is 0 Å². The van der Waals surface area contributed by atoms with Gasteiger partial charge in [-0.15, -0.1) is 0 Å². The predicted molar refractivity (Wildman–Crippen MR) is 83.3 cm³/mol. The van der Waals surface area contributed by atoms with Gasteiger partial charge < -0.3 is 4.74 Å². The summed E-state index contributed by atoms with van der Waals surface area (Å²) in [5.74, 6) is 1.96.